The Morgan fingerprint density at radius 3 is 1.29 bits per heavy atom. The summed E-state index contributed by atoms with van der Waals surface area (Å²) >= 11 is 18.6. The van der Waals surface area contributed by atoms with Crippen molar-refractivity contribution in [3.63, 3.8) is 0 Å². The molecular formula is C23H17Cl3N2. The first-order valence-corrected chi connectivity index (χ1v) is 9.94. The highest BCUT2D eigenvalue weighted by molar-refractivity contribution is 6.31. The van der Waals surface area contributed by atoms with E-state index in [9.17, 15) is 0 Å². The fraction of sp³-hybridized carbons (Fsp3) is 0.0870. The minimum absolute atomic E-state index is 0.652. The summed E-state index contributed by atoms with van der Waals surface area (Å²) in [4.78, 5) is 4.50. The molecule has 5 heteroatoms. The van der Waals surface area contributed by atoms with Crippen LogP contribution in [-0.4, -0.2) is 9.55 Å². The standard InChI is InChI=1S/C23H17Cl3N2/c1-16-27-14-15-28(16)23(17-2-8-20(24)9-3-17,18-4-10-21(25)11-5-18)19-6-12-22(26)13-7-19/h2-15H,1H3. The molecular weight excluding hydrogens is 411 g/mol. The number of benzene rings is 3. The van der Waals surface area contributed by atoms with Crippen LogP contribution in [0.1, 0.15) is 22.5 Å². The highest BCUT2D eigenvalue weighted by Crippen LogP contribution is 2.42. The molecule has 0 aliphatic heterocycles. The summed E-state index contributed by atoms with van der Waals surface area (Å²) < 4.78 is 2.17. The second-order valence-electron chi connectivity index (χ2n) is 6.58. The topological polar surface area (TPSA) is 17.8 Å². The lowest BCUT2D eigenvalue weighted by molar-refractivity contribution is 0.502. The molecule has 0 saturated heterocycles. The van der Waals surface area contributed by atoms with Gasteiger partial charge in [-0.2, -0.15) is 0 Å². The fourth-order valence-corrected chi connectivity index (χ4v) is 4.10. The van der Waals surface area contributed by atoms with Crippen LogP contribution in [-0.2, 0) is 5.54 Å². The summed E-state index contributed by atoms with van der Waals surface area (Å²) in [6.07, 6.45) is 3.80. The molecule has 0 spiro atoms. The van der Waals surface area contributed by atoms with E-state index in [-0.39, 0.29) is 0 Å². The lowest BCUT2D eigenvalue weighted by atomic mass is 9.76. The third-order valence-corrected chi connectivity index (χ3v) is 5.73. The van der Waals surface area contributed by atoms with Crippen LogP contribution < -0.4 is 0 Å². The summed E-state index contributed by atoms with van der Waals surface area (Å²) in [6, 6.07) is 23.7. The monoisotopic (exact) mass is 426 g/mol. The molecule has 140 valence electrons. The number of hydrogen-bond acceptors (Lipinski definition) is 1. The Morgan fingerprint density at radius 1 is 0.643 bits per heavy atom. The molecule has 3 aromatic carbocycles. The molecule has 0 N–H and O–H groups in total. The van der Waals surface area contributed by atoms with Gasteiger partial charge in [0.2, 0.25) is 0 Å². The maximum absolute atomic E-state index is 6.20. The minimum atomic E-state index is -0.652. The van der Waals surface area contributed by atoms with Crippen molar-refractivity contribution < 1.29 is 0 Å². The zero-order chi connectivity index (χ0) is 19.7. The average molecular weight is 428 g/mol. The molecule has 0 aliphatic carbocycles. The molecule has 0 radical (unpaired) electrons. The van der Waals surface area contributed by atoms with Crippen LogP contribution in [0.25, 0.3) is 0 Å². The highest BCUT2D eigenvalue weighted by Gasteiger charge is 2.39. The Morgan fingerprint density at radius 2 is 1.00 bits per heavy atom. The van der Waals surface area contributed by atoms with Gasteiger partial charge in [-0.05, 0) is 60.0 Å². The maximum atomic E-state index is 6.20. The molecule has 1 heterocycles. The van der Waals surface area contributed by atoms with Crippen molar-refractivity contribution >= 4 is 34.8 Å². The van der Waals surface area contributed by atoms with Crippen molar-refractivity contribution in [1.82, 2.24) is 9.55 Å². The summed E-state index contributed by atoms with van der Waals surface area (Å²) in [5, 5.41) is 2.06. The third kappa shape index (κ3) is 3.22. The number of aryl methyl sites for hydroxylation is 1. The molecule has 4 aromatic rings. The van der Waals surface area contributed by atoms with Crippen molar-refractivity contribution in [2.24, 2.45) is 0 Å². The predicted molar refractivity (Wildman–Crippen MR) is 117 cm³/mol. The summed E-state index contributed by atoms with van der Waals surface area (Å²) in [6.45, 7) is 2.00. The van der Waals surface area contributed by atoms with Crippen molar-refractivity contribution in [3.8, 4) is 0 Å². The fourth-order valence-electron chi connectivity index (χ4n) is 3.72. The molecule has 0 saturated carbocycles. The van der Waals surface area contributed by atoms with Gasteiger partial charge in [0.05, 0.1) is 0 Å². The van der Waals surface area contributed by atoms with E-state index in [1.807, 2.05) is 92.1 Å². The first-order valence-electron chi connectivity index (χ1n) is 8.80. The van der Waals surface area contributed by atoms with Crippen molar-refractivity contribution in [3.05, 3.63) is 123 Å². The molecule has 0 aliphatic rings. The molecule has 1 aromatic heterocycles. The van der Waals surface area contributed by atoms with Gasteiger partial charge >= 0.3 is 0 Å². The van der Waals surface area contributed by atoms with E-state index in [0.717, 1.165) is 22.5 Å². The summed E-state index contributed by atoms with van der Waals surface area (Å²) in [5.41, 5.74) is 2.52. The van der Waals surface area contributed by atoms with Gasteiger partial charge in [-0.25, -0.2) is 4.98 Å². The normalized spacial score (nSPS) is 11.6. The van der Waals surface area contributed by atoms with Crippen LogP contribution >= 0.6 is 34.8 Å². The van der Waals surface area contributed by atoms with E-state index in [4.69, 9.17) is 34.8 Å². The van der Waals surface area contributed by atoms with Gasteiger partial charge in [-0.1, -0.05) is 71.2 Å². The number of hydrogen-bond donors (Lipinski definition) is 0. The van der Waals surface area contributed by atoms with E-state index < -0.39 is 5.54 Å². The smallest absolute Gasteiger partial charge is 0.121 e. The summed E-state index contributed by atoms with van der Waals surface area (Å²) in [5.74, 6) is 0.889. The molecule has 0 bridgehead atoms. The van der Waals surface area contributed by atoms with Gasteiger partial charge in [-0.15, -0.1) is 0 Å². The lowest BCUT2D eigenvalue weighted by Gasteiger charge is -2.38. The van der Waals surface area contributed by atoms with Gasteiger partial charge in [0.15, 0.2) is 0 Å². The molecule has 0 amide bonds. The van der Waals surface area contributed by atoms with Crippen molar-refractivity contribution in [2.75, 3.05) is 0 Å². The van der Waals surface area contributed by atoms with Crippen LogP contribution in [0.5, 0.6) is 0 Å². The average Bonchev–Trinajstić information content (AvgIpc) is 3.12. The van der Waals surface area contributed by atoms with Gasteiger partial charge in [-0.3, -0.25) is 0 Å². The van der Waals surface area contributed by atoms with Crippen molar-refractivity contribution in [2.45, 2.75) is 12.5 Å². The highest BCUT2D eigenvalue weighted by atomic mass is 35.5. The van der Waals surface area contributed by atoms with Crippen LogP contribution in [0.3, 0.4) is 0 Å². The zero-order valence-electron chi connectivity index (χ0n) is 15.1. The first kappa shape index (κ1) is 19.1. The Balaban J connectivity index is 2.13. The van der Waals surface area contributed by atoms with Gasteiger partial charge in [0.25, 0.3) is 0 Å². The Labute approximate surface area is 179 Å². The van der Waals surface area contributed by atoms with Gasteiger partial charge in [0.1, 0.15) is 11.4 Å². The molecule has 0 atom stereocenters. The third-order valence-electron chi connectivity index (χ3n) is 4.97. The van der Waals surface area contributed by atoms with E-state index >= 15 is 0 Å². The molecule has 2 nitrogen and oxygen atoms in total. The Bertz CT molecular complexity index is 971. The summed E-state index contributed by atoms with van der Waals surface area (Å²) in [7, 11) is 0. The lowest BCUT2D eigenvalue weighted by Crippen LogP contribution is -2.38. The van der Waals surface area contributed by atoms with Crippen LogP contribution in [0, 0.1) is 6.92 Å². The van der Waals surface area contributed by atoms with Crippen LogP contribution in [0.2, 0.25) is 15.1 Å². The maximum Gasteiger partial charge on any atom is 0.121 e. The first-order chi connectivity index (χ1) is 13.5. The number of nitrogens with zero attached hydrogens (tertiary/aromatic N) is 2. The largest absolute Gasteiger partial charge is 0.317 e. The molecule has 4 rings (SSSR count). The van der Waals surface area contributed by atoms with E-state index in [1.165, 1.54) is 0 Å². The van der Waals surface area contributed by atoms with Crippen molar-refractivity contribution in [1.29, 1.82) is 0 Å². The second kappa shape index (κ2) is 7.63. The number of rotatable bonds is 4. The van der Waals surface area contributed by atoms with E-state index in [2.05, 4.69) is 9.55 Å². The van der Waals surface area contributed by atoms with E-state index in [0.29, 0.717) is 15.1 Å². The minimum Gasteiger partial charge on any atom is -0.317 e. The van der Waals surface area contributed by atoms with Gasteiger partial charge in [0, 0.05) is 27.5 Å². The molecule has 0 unspecified atom stereocenters. The molecule has 28 heavy (non-hydrogen) atoms. The SMILES string of the molecule is Cc1nccn1C(c1ccc(Cl)cc1)(c1ccc(Cl)cc1)c1ccc(Cl)cc1. The number of imidazole rings is 1. The Kier molecular flexibility index (Phi) is 5.20. The number of halogens is 3. The number of aromatic nitrogens is 2. The second-order valence-corrected chi connectivity index (χ2v) is 7.88. The quantitative estimate of drug-likeness (QED) is 0.321. The van der Waals surface area contributed by atoms with Crippen LogP contribution in [0.15, 0.2) is 85.2 Å². The predicted octanol–water partition coefficient (Wildman–Crippen LogP) is 6.99. The van der Waals surface area contributed by atoms with Gasteiger partial charge < -0.3 is 4.57 Å². The zero-order valence-corrected chi connectivity index (χ0v) is 17.4. The molecule has 0 fully saturated rings. The Hall–Kier alpha value is -2.26. The van der Waals surface area contributed by atoms with Crippen LogP contribution in [0.4, 0.5) is 0 Å². The van der Waals surface area contributed by atoms with E-state index in [1.54, 1.807) is 0 Å².